The van der Waals surface area contributed by atoms with E-state index in [1.165, 1.54) is 0 Å². The van der Waals surface area contributed by atoms with E-state index in [1.807, 2.05) is 32.3 Å². The van der Waals surface area contributed by atoms with Gasteiger partial charge in [-0.3, -0.25) is 4.98 Å². The highest BCUT2D eigenvalue weighted by Gasteiger charge is 2.14. The summed E-state index contributed by atoms with van der Waals surface area (Å²) in [6.07, 6.45) is 6.94. The summed E-state index contributed by atoms with van der Waals surface area (Å²) in [5, 5.41) is 3.23. The van der Waals surface area contributed by atoms with Crippen molar-refractivity contribution in [2.75, 3.05) is 13.7 Å². The normalized spacial score (nSPS) is 12.4. The molecule has 2 aromatic rings. The van der Waals surface area contributed by atoms with Crippen molar-refractivity contribution in [1.29, 1.82) is 0 Å². The van der Waals surface area contributed by atoms with Gasteiger partial charge in [0.05, 0.1) is 31.4 Å². The SMILES string of the molecule is CCOc1cncc(C(NC)c2ccoc2)c1. The van der Waals surface area contributed by atoms with Crippen LogP contribution in [0.25, 0.3) is 0 Å². The number of rotatable bonds is 5. The Bertz CT molecular complexity index is 454. The molecule has 2 heterocycles. The molecule has 0 bridgehead atoms. The van der Waals surface area contributed by atoms with Gasteiger partial charge in [0.15, 0.2) is 0 Å². The Morgan fingerprint density at radius 3 is 2.94 bits per heavy atom. The van der Waals surface area contributed by atoms with E-state index >= 15 is 0 Å². The first-order chi connectivity index (χ1) is 8.35. The largest absolute Gasteiger partial charge is 0.492 e. The van der Waals surface area contributed by atoms with Crippen molar-refractivity contribution in [3.05, 3.63) is 48.2 Å². The van der Waals surface area contributed by atoms with Gasteiger partial charge in [-0.25, -0.2) is 0 Å². The first kappa shape index (κ1) is 11.7. The number of hydrogen-bond acceptors (Lipinski definition) is 4. The lowest BCUT2D eigenvalue weighted by Gasteiger charge is -2.15. The van der Waals surface area contributed by atoms with Crippen molar-refractivity contribution in [2.24, 2.45) is 0 Å². The molecule has 1 N–H and O–H groups in total. The van der Waals surface area contributed by atoms with E-state index in [-0.39, 0.29) is 6.04 Å². The molecule has 0 aliphatic heterocycles. The number of hydrogen-bond donors (Lipinski definition) is 1. The summed E-state index contributed by atoms with van der Waals surface area (Å²) in [5.74, 6) is 0.786. The molecule has 2 aromatic heterocycles. The fourth-order valence-electron chi connectivity index (χ4n) is 1.80. The van der Waals surface area contributed by atoms with Gasteiger partial charge in [-0.2, -0.15) is 0 Å². The van der Waals surface area contributed by atoms with Crippen LogP contribution in [0.1, 0.15) is 24.1 Å². The van der Waals surface area contributed by atoms with Gasteiger partial charge >= 0.3 is 0 Å². The first-order valence-corrected chi connectivity index (χ1v) is 5.62. The number of pyridine rings is 1. The number of ether oxygens (including phenoxy) is 1. The Morgan fingerprint density at radius 1 is 1.41 bits per heavy atom. The van der Waals surface area contributed by atoms with Gasteiger partial charge < -0.3 is 14.5 Å². The van der Waals surface area contributed by atoms with Crippen molar-refractivity contribution in [1.82, 2.24) is 10.3 Å². The maximum absolute atomic E-state index is 5.44. The molecule has 0 aliphatic carbocycles. The topological polar surface area (TPSA) is 47.3 Å². The standard InChI is InChI=1S/C13H16N2O2/c1-3-17-12-6-11(7-15-8-12)13(14-2)10-4-5-16-9-10/h4-9,13-14H,3H2,1-2H3. The third-order valence-electron chi connectivity index (χ3n) is 2.54. The van der Waals surface area contributed by atoms with Crippen molar-refractivity contribution in [2.45, 2.75) is 13.0 Å². The second-order valence-electron chi connectivity index (χ2n) is 3.67. The molecule has 17 heavy (non-hydrogen) atoms. The van der Waals surface area contributed by atoms with Crippen molar-refractivity contribution in [3.8, 4) is 5.75 Å². The van der Waals surface area contributed by atoms with Crippen molar-refractivity contribution in [3.63, 3.8) is 0 Å². The van der Waals surface area contributed by atoms with Gasteiger partial charge in [-0.1, -0.05) is 0 Å². The second kappa shape index (κ2) is 5.50. The van der Waals surface area contributed by atoms with Crippen LogP contribution < -0.4 is 10.1 Å². The van der Waals surface area contributed by atoms with Crippen molar-refractivity contribution >= 4 is 0 Å². The Hall–Kier alpha value is -1.81. The lowest BCUT2D eigenvalue weighted by atomic mass is 10.0. The van der Waals surface area contributed by atoms with Crippen LogP contribution in [-0.4, -0.2) is 18.6 Å². The fraction of sp³-hybridized carbons (Fsp3) is 0.308. The second-order valence-corrected chi connectivity index (χ2v) is 3.67. The Morgan fingerprint density at radius 2 is 2.29 bits per heavy atom. The predicted molar refractivity (Wildman–Crippen MR) is 65.0 cm³/mol. The van der Waals surface area contributed by atoms with Gasteiger partial charge in [-0.15, -0.1) is 0 Å². The molecule has 0 amide bonds. The maximum atomic E-state index is 5.44. The lowest BCUT2D eigenvalue weighted by Crippen LogP contribution is -2.17. The first-order valence-electron chi connectivity index (χ1n) is 5.62. The van der Waals surface area contributed by atoms with E-state index < -0.39 is 0 Å². The highest BCUT2D eigenvalue weighted by atomic mass is 16.5. The monoisotopic (exact) mass is 232 g/mol. The van der Waals surface area contributed by atoms with Crippen LogP contribution in [0, 0.1) is 0 Å². The fourth-order valence-corrected chi connectivity index (χ4v) is 1.80. The molecule has 90 valence electrons. The number of furan rings is 1. The third kappa shape index (κ3) is 2.65. The molecule has 4 heteroatoms. The molecule has 0 fully saturated rings. The Kier molecular flexibility index (Phi) is 3.77. The minimum Gasteiger partial charge on any atom is -0.492 e. The highest BCUT2D eigenvalue weighted by Crippen LogP contribution is 2.24. The van der Waals surface area contributed by atoms with Gasteiger partial charge in [0.1, 0.15) is 5.75 Å². The smallest absolute Gasteiger partial charge is 0.137 e. The molecule has 0 saturated carbocycles. The molecule has 1 unspecified atom stereocenters. The molecule has 0 aromatic carbocycles. The maximum Gasteiger partial charge on any atom is 0.137 e. The zero-order chi connectivity index (χ0) is 12.1. The minimum atomic E-state index is 0.0710. The van der Waals surface area contributed by atoms with Gasteiger partial charge in [-0.05, 0) is 31.7 Å². The number of nitrogens with zero attached hydrogens (tertiary/aromatic N) is 1. The van der Waals surface area contributed by atoms with Crippen LogP contribution in [0.5, 0.6) is 5.75 Å². The molecular formula is C13H16N2O2. The Balaban J connectivity index is 2.28. The van der Waals surface area contributed by atoms with E-state index in [1.54, 1.807) is 18.7 Å². The zero-order valence-electron chi connectivity index (χ0n) is 10.0. The van der Waals surface area contributed by atoms with Gasteiger partial charge in [0.2, 0.25) is 0 Å². The Labute approximate surface area is 101 Å². The molecular weight excluding hydrogens is 216 g/mol. The molecule has 2 rings (SSSR count). The molecule has 0 radical (unpaired) electrons. The van der Waals surface area contributed by atoms with Gasteiger partial charge in [0, 0.05) is 11.8 Å². The zero-order valence-corrected chi connectivity index (χ0v) is 10.0. The van der Waals surface area contributed by atoms with Gasteiger partial charge in [0.25, 0.3) is 0 Å². The van der Waals surface area contributed by atoms with Crippen LogP contribution in [0.4, 0.5) is 0 Å². The summed E-state index contributed by atoms with van der Waals surface area (Å²) in [7, 11) is 1.91. The average molecular weight is 232 g/mol. The molecule has 0 spiro atoms. The summed E-state index contributed by atoms with van der Waals surface area (Å²) in [4.78, 5) is 4.19. The summed E-state index contributed by atoms with van der Waals surface area (Å²) in [5.41, 5.74) is 2.13. The number of nitrogens with one attached hydrogen (secondary N) is 1. The van der Waals surface area contributed by atoms with Crippen LogP contribution >= 0.6 is 0 Å². The van der Waals surface area contributed by atoms with E-state index in [4.69, 9.17) is 9.15 Å². The summed E-state index contributed by atoms with van der Waals surface area (Å²) >= 11 is 0. The summed E-state index contributed by atoms with van der Waals surface area (Å²) in [6, 6.07) is 4.00. The quantitative estimate of drug-likeness (QED) is 0.859. The number of aromatic nitrogens is 1. The third-order valence-corrected chi connectivity index (χ3v) is 2.54. The molecule has 0 saturated heterocycles. The van der Waals surface area contributed by atoms with Crippen molar-refractivity contribution < 1.29 is 9.15 Å². The van der Waals surface area contributed by atoms with Crippen LogP contribution in [0.3, 0.4) is 0 Å². The average Bonchev–Trinajstić information content (AvgIpc) is 2.85. The van der Waals surface area contributed by atoms with E-state index in [9.17, 15) is 0 Å². The summed E-state index contributed by atoms with van der Waals surface area (Å²) < 4.78 is 10.5. The van der Waals surface area contributed by atoms with Crippen LogP contribution in [-0.2, 0) is 0 Å². The molecule has 4 nitrogen and oxygen atoms in total. The van der Waals surface area contributed by atoms with E-state index in [2.05, 4.69) is 10.3 Å². The highest BCUT2D eigenvalue weighted by molar-refractivity contribution is 5.32. The molecule has 1 atom stereocenters. The lowest BCUT2D eigenvalue weighted by molar-refractivity contribution is 0.338. The predicted octanol–water partition coefficient (Wildman–Crippen LogP) is 2.38. The van der Waals surface area contributed by atoms with E-state index in [0.29, 0.717) is 6.61 Å². The summed E-state index contributed by atoms with van der Waals surface area (Å²) in [6.45, 7) is 2.60. The van der Waals surface area contributed by atoms with E-state index in [0.717, 1.165) is 16.9 Å². The van der Waals surface area contributed by atoms with Crippen LogP contribution in [0.15, 0.2) is 41.5 Å². The molecule has 0 aliphatic rings. The minimum absolute atomic E-state index is 0.0710. The van der Waals surface area contributed by atoms with Crippen LogP contribution in [0.2, 0.25) is 0 Å².